The summed E-state index contributed by atoms with van der Waals surface area (Å²) in [4.78, 5) is 10.9. The van der Waals surface area contributed by atoms with Crippen LogP contribution in [0.15, 0.2) is 23.1 Å². The number of primary amides is 1. The van der Waals surface area contributed by atoms with Gasteiger partial charge in [0, 0.05) is 23.7 Å². The van der Waals surface area contributed by atoms with Gasteiger partial charge in [-0.25, -0.2) is 8.42 Å². The number of nitrogens with one attached hydrogen (secondary N) is 1. The monoisotopic (exact) mass is 409 g/mol. The van der Waals surface area contributed by atoms with Crippen molar-refractivity contribution in [3.8, 4) is 5.75 Å². The molecule has 0 saturated carbocycles. The minimum Gasteiger partial charge on any atom is -0.482 e. The van der Waals surface area contributed by atoms with E-state index in [4.69, 9.17) is 22.1 Å². The Labute approximate surface area is 158 Å². The molecule has 0 radical (unpaired) electrons. The number of amides is 1. The highest BCUT2D eigenvalue weighted by Crippen LogP contribution is 2.37. The highest BCUT2D eigenvalue weighted by atomic mass is 35.5. The van der Waals surface area contributed by atoms with Crippen LogP contribution in [0.1, 0.15) is 19.3 Å². The summed E-state index contributed by atoms with van der Waals surface area (Å²) in [6, 6.07) is 4.24. The van der Waals surface area contributed by atoms with Gasteiger partial charge in [-0.15, -0.1) is 12.4 Å². The van der Waals surface area contributed by atoms with E-state index in [1.54, 1.807) is 4.31 Å². The number of benzene rings is 1. The van der Waals surface area contributed by atoms with Crippen LogP contribution < -0.4 is 15.8 Å². The normalized spacial score (nSPS) is 23.6. The molecule has 2 aliphatic rings. The number of nitrogens with two attached hydrogens (primary N) is 1. The number of hydrogen-bond acceptors (Lipinski definition) is 5. The largest absolute Gasteiger partial charge is 0.482 e. The van der Waals surface area contributed by atoms with Crippen molar-refractivity contribution in [2.24, 2.45) is 5.73 Å². The summed E-state index contributed by atoms with van der Waals surface area (Å²) in [6.07, 6.45) is 2.45. The lowest BCUT2D eigenvalue weighted by atomic mass is 10.1. The third kappa shape index (κ3) is 4.20. The van der Waals surface area contributed by atoms with Crippen LogP contribution in [0.5, 0.6) is 5.75 Å². The highest BCUT2D eigenvalue weighted by molar-refractivity contribution is 7.89. The zero-order valence-electron chi connectivity index (χ0n) is 13.5. The number of nitrogens with zero attached hydrogens (tertiary/aromatic N) is 1. The summed E-state index contributed by atoms with van der Waals surface area (Å²) in [7, 11) is -3.79. The molecule has 0 spiro atoms. The average Bonchev–Trinajstić information content (AvgIpc) is 2.79. The molecule has 2 atom stereocenters. The molecule has 1 aromatic rings. The molecule has 25 heavy (non-hydrogen) atoms. The number of hydrogen-bond donors (Lipinski definition) is 2. The summed E-state index contributed by atoms with van der Waals surface area (Å²) in [5.74, 6) is -0.581. The van der Waals surface area contributed by atoms with E-state index in [-0.39, 0.29) is 35.1 Å². The Morgan fingerprint density at radius 3 is 2.76 bits per heavy atom. The summed E-state index contributed by atoms with van der Waals surface area (Å²) in [6.45, 7) is 1.04. The number of ether oxygens (including phenoxy) is 1. The molecular formula is C15H21Cl2N3O4S. The van der Waals surface area contributed by atoms with Gasteiger partial charge < -0.3 is 15.8 Å². The lowest BCUT2D eigenvalue weighted by Gasteiger charge is -2.27. The summed E-state index contributed by atoms with van der Waals surface area (Å²) in [5.41, 5.74) is 5.09. The fraction of sp³-hybridized carbons (Fsp3) is 0.533. The number of sulfonamides is 1. The lowest BCUT2D eigenvalue weighted by Crippen LogP contribution is -2.42. The Bertz CT molecular complexity index is 730. The van der Waals surface area contributed by atoms with Gasteiger partial charge in [0.05, 0.1) is 0 Å². The van der Waals surface area contributed by atoms with Crippen LogP contribution in [-0.4, -0.2) is 50.4 Å². The van der Waals surface area contributed by atoms with E-state index >= 15 is 0 Å². The fourth-order valence-corrected chi connectivity index (χ4v) is 5.69. The van der Waals surface area contributed by atoms with Crippen molar-refractivity contribution in [1.29, 1.82) is 0 Å². The quantitative estimate of drug-likeness (QED) is 0.758. The number of carbonyl (C=O) groups is 1. The molecule has 3 N–H and O–H groups in total. The van der Waals surface area contributed by atoms with Gasteiger partial charge in [-0.05, 0) is 44.0 Å². The second kappa shape index (κ2) is 8.09. The van der Waals surface area contributed by atoms with Gasteiger partial charge in [0.25, 0.3) is 5.91 Å². The van der Waals surface area contributed by atoms with E-state index < -0.39 is 22.5 Å². The Balaban J connectivity index is 0.00000225. The van der Waals surface area contributed by atoms with E-state index in [0.29, 0.717) is 11.6 Å². The first-order chi connectivity index (χ1) is 11.4. The van der Waals surface area contributed by atoms with Gasteiger partial charge in [-0.2, -0.15) is 4.31 Å². The Hall–Kier alpha value is -1.06. The van der Waals surface area contributed by atoms with Crippen LogP contribution >= 0.6 is 24.0 Å². The van der Waals surface area contributed by atoms with Crippen molar-refractivity contribution in [1.82, 2.24) is 9.62 Å². The molecule has 1 aromatic carbocycles. The van der Waals surface area contributed by atoms with Crippen LogP contribution in [0.3, 0.4) is 0 Å². The SMILES string of the molecule is Cl.NC(=O)COc1ccc(Cl)cc1S(=O)(=O)N1C2CCNCC1CC2. The van der Waals surface area contributed by atoms with E-state index in [2.05, 4.69) is 5.32 Å². The Kier molecular flexibility index (Phi) is 6.56. The van der Waals surface area contributed by atoms with Crippen LogP contribution in [0, 0.1) is 0 Å². The van der Waals surface area contributed by atoms with E-state index in [1.807, 2.05) is 0 Å². The zero-order chi connectivity index (χ0) is 17.3. The minimum absolute atomic E-state index is 0. The second-order valence-electron chi connectivity index (χ2n) is 6.06. The van der Waals surface area contributed by atoms with Crippen molar-refractivity contribution in [3.05, 3.63) is 23.2 Å². The third-order valence-electron chi connectivity index (χ3n) is 4.42. The van der Waals surface area contributed by atoms with Gasteiger partial charge in [0.1, 0.15) is 10.6 Å². The molecule has 2 heterocycles. The average molecular weight is 410 g/mol. The predicted molar refractivity (Wildman–Crippen MR) is 96.7 cm³/mol. The molecule has 0 aliphatic carbocycles. The predicted octanol–water partition coefficient (Wildman–Crippen LogP) is 1.14. The number of carbonyl (C=O) groups excluding carboxylic acids is 1. The first-order valence-corrected chi connectivity index (χ1v) is 9.66. The molecule has 1 amide bonds. The second-order valence-corrected chi connectivity index (χ2v) is 8.31. The van der Waals surface area contributed by atoms with E-state index in [0.717, 1.165) is 25.8 Å². The molecular weight excluding hydrogens is 389 g/mol. The van der Waals surface area contributed by atoms with Gasteiger partial charge >= 0.3 is 0 Å². The first-order valence-electron chi connectivity index (χ1n) is 7.84. The summed E-state index contributed by atoms with van der Waals surface area (Å²) in [5, 5.41) is 3.57. The third-order valence-corrected chi connectivity index (χ3v) is 6.68. The fourth-order valence-electron chi connectivity index (χ4n) is 3.40. The molecule has 2 fully saturated rings. The number of fused-ring (bicyclic) bond motifs is 2. The molecule has 0 aromatic heterocycles. The van der Waals surface area contributed by atoms with Crippen LogP contribution in [-0.2, 0) is 14.8 Å². The van der Waals surface area contributed by atoms with E-state index in [9.17, 15) is 13.2 Å². The van der Waals surface area contributed by atoms with Gasteiger partial charge in [-0.1, -0.05) is 11.6 Å². The maximum atomic E-state index is 13.3. The molecule has 2 unspecified atom stereocenters. The molecule has 140 valence electrons. The minimum atomic E-state index is -3.79. The summed E-state index contributed by atoms with van der Waals surface area (Å²) < 4.78 is 33.4. The van der Waals surface area contributed by atoms with Crippen molar-refractivity contribution in [2.45, 2.75) is 36.2 Å². The molecule has 2 bridgehead atoms. The van der Waals surface area contributed by atoms with Crippen molar-refractivity contribution >= 4 is 39.9 Å². The maximum absolute atomic E-state index is 13.3. The molecule has 7 nitrogen and oxygen atoms in total. The van der Waals surface area contributed by atoms with Gasteiger partial charge in [0.2, 0.25) is 10.0 Å². The first kappa shape index (κ1) is 20.3. The molecule has 10 heteroatoms. The van der Waals surface area contributed by atoms with Crippen LogP contribution in [0.4, 0.5) is 0 Å². The van der Waals surface area contributed by atoms with Crippen molar-refractivity contribution in [2.75, 3.05) is 19.7 Å². The molecule has 2 aliphatic heterocycles. The Morgan fingerprint density at radius 1 is 1.32 bits per heavy atom. The van der Waals surface area contributed by atoms with E-state index in [1.165, 1.54) is 18.2 Å². The summed E-state index contributed by atoms with van der Waals surface area (Å²) >= 11 is 6.00. The standard InChI is InChI=1S/C15H20ClN3O4S.ClH/c16-10-1-4-13(23-9-15(17)20)14(7-10)24(21,22)19-11-2-3-12(19)8-18-6-5-11;/h1,4,7,11-12,18H,2-3,5-6,8-9H2,(H2,17,20);1H. The van der Waals surface area contributed by atoms with Crippen LogP contribution in [0.2, 0.25) is 5.02 Å². The molecule has 2 saturated heterocycles. The molecule has 3 rings (SSSR count). The Morgan fingerprint density at radius 2 is 2.04 bits per heavy atom. The smallest absolute Gasteiger partial charge is 0.255 e. The lowest BCUT2D eigenvalue weighted by molar-refractivity contribution is -0.120. The van der Waals surface area contributed by atoms with Gasteiger partial charge in [0.15, 0.2) is 6.61 Å². The van der Waals surface area contributed by atoms with Crippen LogP contribution in [0.25, 0.3) is 0 Å². The number of rotatable bonds is 5. The van der Waals surface area contributed by atoms with Crippen molar-refractivity contribution in [3.63, 3.8) is 0 Å². The van der Waals surface area contributed by atoms with Gasteiger partial charge in [-0.3, -0.25) is 4.79 Å². The topological polar surface area (TPSA) is 102 Å². The highest BCUT2D eigenvalue weighted by Gasteiger charge is 2.44. The number of halogens is 2. The van der Waals surface area contributed by atoms with Crippen molar-refractivity contribution < 1.29 is 17.9 Å². The maximum Gasteiger partial charge on any atom is 0.255 e. The zero-order valence-corrected chi connectivity index (χ0v) is 15.9.